The fourth-order valence-corrected chi connectivity index (χ4v) is 1.10. The Bertz CT molecular complexity index is 418. The van der Waals surface area contributed by atoms with Crippen molar-refractivity contribution < 1.29 is 27.4 Å². The molecule has 0 saturated carbocycles. The smallest absolute Gasteiger partial charge is 0.422 e. The van der Waals surface area contributed by atoms with E-state index in [0.717, 1.165) is 0 Å². The Morgan fingerprint density at radius 1 is 1.41 bits per heavy atom. The summed E-state index contributed by atoms with van der Waals surface area (Å²) in [6, 6.07) is 2.49. The molecule has 94 valence electrons. The minimum atomic E-state index is -4.42. The van der Waals surface area contributed by atoms with Crippen LogP contribution in [0, 0.1) is 6.92 Å². The van der Waals surface area contributed by atoms with Crippen LogP contribution < -0.4 is 4.74 Å². The summed E-state index contributed by atoms with van der Waals surface area (Å²) in [5, 5.41) is 0. The molecule has 0 N–H and O–H groups in total. The summed E-state index contributed by atoms with van der Waals surface area (Å²) < 4.78 is 44.5. The summed E-state index contributed by atoms with van der Waals surface area (Å²) in [5.74, 6) is -0.787. The van der Waals surface area contributed by atoms with Gasteiger partial charge in [0.25, 0.3) is 0 Å². The zero-order valence-electron chi connectivity index (χ0n) is 9.17. The molecule has 0 amide bonds. The Morgan fingerprint density at radius 2 is 2.06 bits per heavy atom. The number of methoxy groups -OCH3 is 1. The number of hydrogen-bond acceptors (Lipinski definition) is 4. The molecule has 0 fully saturated rings. The van der Waals surface area contributed by atoms with Crippen LogP contribution >= 0.6 is 0 Å². The first-order chi connectivity index (χ1) is 7.83. The first kappa shape index (κ1) is 13.3. The van der Waals surface area contributed by atoms with E-state index < -0.39 is 18.8 Å². The van der Waals surface area contributed by atoms with Crippen LogP contribution in [0.4, 0.5) is 13.2 Å². The topological polar surface area (TPSA) is 48.4 Å². The predicted molar refractivity (Wildman–Crippen MR) is 51.9 cm³/mol. The number of aromatic nitrogens is 1. The number of alkyl halides is 3. The van der Waals surface area contributed by atoms with Gasteiger partial charge in [0.15, 0.2) is 6.61 Å². The van der Waals surface area contributed by atoms with E-state index in [9.17, 15) is 18.0 Å². The third-order valence-electron chi connectivity index (χ3n) is 1.85. The maximum Gasteiger partial charge on any atom is 0.422 e. The number of nitrogens with zero attached hydrogens (tertiary/aromatic N) is 1. The molecule has 7 heteroatoms. The third-order valence-corrected chi connectivity index (χ3v) is 1.85. The van der Waals surface area contributed by atoms with Crippen molar-refractivity contribution in [1.29, 1.82) is 0 Å². The molecule has 1 rings (SSSR count). The zero-order chi connectivity index (χ0) is 13.1. The summed E-state index contributed by atoms with van der Waals surface area (Å²) in [5.41, 5.74) is 0.434. The van der Waals surface area contributed by atoms with Crippen LogP contribution in [0.15, 0.2) is 12.1 Å². The van der Waals surface area contributed by atoms with E-state index in [-0.39, 0.29) is 17.1 Å². The van der Waals surface area contributed by atoms with E-state index in [4.69, 9.17) is 0 Å². The quantitative estimate of drug-likeness (QED) is 0.770. The normalized spacial score (nSPS) is 11.1. The highest BCUT2D eigenvalue weighted by Gasteiger charge is 2.28. The van der Waals surface area contributed by atoms with E-state index in [1.54, 1.807) is 0 Å². The molecule has 0 aliphatic rings. The van der Waals surface area contributed by atoms with Gasteiger partial charge in [-0.2, -0.15) is 13.2 Å². The Balaban J connectivity index is 2.79. The van der Waals surface area contributed by atoms with Gasteiger partial charge in [-0.1, -0.05) is 0 Å². The highest BCUT2D eigenvalue weighted by atomic mass is 19.4. The molecular weight excluding hydrogens is 239 g/mol. The second-order valence-electron chi connectivity index (χ2n) is 3.18. The van der Waals surface area contributed by atoms with Crippen molar-refractivity contribution in [3.63, 3.8) is 0 Å². The van der Waals surface area contributed by atoms with Gasteiger partial charge in [-0.15, -0.1) is 0 Å². The molecule has 1 heterocycles. The van der Waals surface area contributed by atoms with Crippen LogP contribution in [0.2, 0.25) is 0 Å². The largest absolute Gasteiger partial charge is 0.468 e. The lowest BCUT2D eigenvalue weighted by molar-refractivity contribution is -0.154. The monoisotopic (exact) mass is 249 g/mol. The number of carbonyl (C=O) groups excluding carboxylic acids is 1. The SMILES string of the molecule is COC(=O)c1ccc(OCC(F)(F)F)nc1C. The van der Waals surface area contributed by atoms with Crippen LogP contribution in [0.5, 0.6) is 5.88 Å². The Kier molecular flexibility index (Phi) is 3.93. The van der Waals surface area contributed by atoms with E-state index in [1.165, 1.54) is 26.2 Å². The number of hydrogen-bond donors (Lipinski definition) is 0. The Labute approximate surface area is 95.4 Å². The van der Waals surface area contributed by atoms with E-state index >= 15 is 0 Å². The van der Waals surface area contributed by atoms with Gasteiger partial charge in [-0.25, -0.2) is 9.78 Å². The summed E-state index contributed by atoms with van der Waals surface area (Å²) in [6.45, 7) is 0.0592. The number of halogens is 3. The van der Waals surface area contributed by atoms with Crippen molar-refractivity contribution in [2.45, 2.75) is 13.1 Å². The molecule has 4 nitrogen and oxygen atoms in total. The van der Waals surface area contributed by atoms with Crippen molar-refractivity contribution in [3.8, 4) is 5.88 Å². The second kappa shape index (κ2) is 5.03. The Hall–Kier alpha value is -1.79. The first-order valence-corrected chi connectivity index (χ1v) is 4.59. The number of rotatable bonds is 3. The molecular formula is C10H10F3NO3. The molecule has 0 saturated heterocycles. The van der Waals surface area contributed by atoms with Gasteiger partial charge in [0.2, 0.25) is 5.88 Å². The van der Waals surface area contributed by atoms with Crippen molar-refractivity contribution in [2.24, 2.45) is 0 Å². The number of esters is 1. The maximum absolute atomic E-state index is 11.9. The summed E-state index contributed by atoms with van der Waals surface area (Å²) in [6.07, 6.45) is -4.42. The fourth-order valence-electron chi connectivity index (χ4n) is 1.10. The van der Waals surface area contributed by atoms with Crippen molar-refractivity contribution in [3.05, 3.63) is 23.4 Å². The highest BCUT2D eigenvalue weighted by Crippen LogP contribution is 2.18. The van der Waals surface area contributed by atoms with Gasteiger partial charge in [0.05, 0.1) is 18.4 Å². The van der Waals surface area contributed by atoms with Crippen molar-refractivity contribution in [1.82, 2.24) is 4.98 Å². The molecule has 17 heavy (non-hydrogen) atoms. The highest BCUT2D eigenvalue weighted by molar-refractivity contribution is 5.90. The summed E-state index contributed by atoms with van der Waals surface area (Å²) in [4.78, 5) is 14.9. The Morgan fingerprint density at radius 3 is 2.53 bits per heavy atom. The third kappa shape index (κ3) is 3.93. The molecule has 0 aromatic carbocycles. The molecule has 0 bridgehead atoms. The minimum absolute atomic E-state index is 0.187. The number of pyridine rings is 1. The van der Waals surface area contributed by atoms with Crippen molar-refractivity contribution in [2.75, 3.05) is 13.7 Å². The average Bonchev–Trinajstić information content (AvgIpc) is 2.24. The molecule has 1 aromatic heterocycles. The molecule has 0 aliphatic carbocycles. The second-order valence-corrected chi connectivity index (χ2v) is 3.18. The molecule has 0 aliphatic heterocycles. The predicted octanol–water partition coefficient (Wildman–Crippen LogP) is 2.12. The van der Waals surface area contributed by atoms with Gasteiger partial charge >= 0.3 is 12.1 Å². The lowest BCUT2D eigenvalue weighted by atomic mass is 10.2. The first-order valence-electron chi connectivity index (χ1n) is 4.59. The average molecular weight is 249 g/mol. The lowest BCUT2D eigenvalue weighted by Crippen LogP contribution is -2.20. The maximum atomic E-state index is 11.9. The minimum Gasteiger partial charge on any atom is -0.468 e. The van der Waals surface area contributed by atoms with Gasteiger partial charge in [-0.3, -0.25) is 0 Å². The number of aryl methyl sites for hydroxylation is 1. The van der Waals surface area contributed by atoms with Crippen molar-refractivity contribution >= 4 is 5.97 Å². The zero-order valence-corrected chi connectivity index (χ0v) is 9.17. The summed E-state index contributed by atoms with van der Waals surface area (Å²) in [7, 11) is 1.20. The number of carbonyl (C=O) groups is 1. The van der Waals surface area contributed by atoms with Crippen LogP contribution in [0.1, 0.15) is 16.1 Å². The van der Waals surface area contributed by atoms with Gasteiger partial charge < -0.3 is 9.47 Å². The van der Waals surface area contributed by atoms with E-state index in [0.29, 0.717) is 0 Å². The standard InChI is InChI=1S/C10H10F3NO3/c1-6-7(9(15)16-2)3-4-8(14-6)17-5-10(11,12)13/h3-4H,5H2,1-2H3. The summed E-state index contributed by atoms with van der Waals surface area (Å²) >= 11 is 0. The molecule has 0 radical (unpaired) electrons. The van der Waals surface area contributed by atoms with Gasteiger partial charge in [0, 0.05) is 6.07 Å². The van der Waals surface area contributed by atoms with E-state index in [1.807, 2.05) is 0 Å². The van der Waals surface area contributed by atoms with Gasteiger partial charge in [-0.05, 0) is 13.0 Å². The number of ether oxygens (including phenoxy) is 2. The van der Waals surface area contributed by atoms with Gasteiger partial charge in [0.1, 0.15) is 0 Å². The van der Waals surface area contributed by atoms with Crippen LogP contribution in [0.3, 0.4) is 0 Å². The molecule has 0 unspecified atom stereocenters. The van der Waals surface area contributed by atoms with Crippen LogP contribution in [0.25, 0.3) is 0 Å². The van der Waals surface area contributed by atoms with E-state index in [2.05, 4.69) is 14.5 Å². The van der Waals surface area contributed by atoms with Crippen LogP contribution in [-0.2, 0) is 4.74 Å². The fraction of sp³-hybridized carbons (Fsp3) is 0.400. The van der Waals surface area contributed by atoms with Crippen LogP contribution in [-0.4, -0.2) is 30.8 Å². The molecule has 1 aromatic rings. The molecule has 0 spiro atoms. The lowest BCUT2D eigenvalue weighted by Gasteiger charge is -2.09. The molecule has 0 atom stereocenters.